The van der Waals surface area contributed by atoms with Crippen molar-refractivity contribution in [3.8, 4) is 5.75 Å². The molecule has 0 aromatic heterocycles. The van der Waals surface area contributed by atoms with E-state index in [0.29, 0.717) is 54.6 Å². The Morgan fingerprint density at radius 3 is 2.55 bits per heavy atom. The number of ether oxygens (including phenoxy) is 1. The molecule has 0 aliphatic carbocycles. The third-order valence-corrected chi connectivity index (χ3v) is 6.30. The first-order valence-electron chi connectivity index (χ1n) is 11.3. The number of amides is 2. The average Bonchev–Trinajstić information content (AvgIpc) is 2.82. The van der Waals surface area contributed by atoms with Crippen LogP contribution in [0, 0.1) is 0 Å². The Hall–Kier alpha value is -3.06. The van der Waals surface area contributed by atoms with Gasteiger partial charge in [0.1, 0.15) is 12.3 Å². The Labute approximate surface area is 198 Å². The second kappa shape index (κ2) is 9.83. The third-order valence-electron chi connectivity index (χ3n) is 6.07. The minimum atomic E-state index is -0.692. The molecule has 0 bridgehead atoms. The van der Waals surface area contributed by atoms with E-state index in [1.807, 2.05) is 31.2 Å². The highest BCUT2D eigenvalue weighted by Crippen LogP contribution is 2.35. The van der Waals surface area contributed by atoms with Gasteiger partial charge in [0.2, 0.25) is 5.91 Å². The van der Waals surface area contributed by atoms with E-state index in [-0.39, 0.29) is 24.1 Å². The van der Waals surface area contributed by atoms with Gasteiger partial charge in [-0.2, -0.15) is 0 Å². The number of hydrogen-bond acceptors (Lipinski definition) is 5. The van der Waals surface area contributed by atoms with Gasteiger partial charge in [-0.15, -0.1) is 0 Å². The molecule has 1 unspecified atom stereocenters. The molecule has 1 atom stereocenters. The summed E-state index contributed by atoms with van der Waals surface area (Å²) in [6, 6.07) is 12.8. The number of hydrogen-bond donors (Lipinski definition) is 0. The number of halogens is 1. The topological polar surface area (TPSA) is 70.2 Å². The molecule has 0 N–H and O–H groups in total. The SMILES string of the molecule is CCCC(=O)c1ccc2c(c1)N(CC(=O)N1CCN(c3cccc(Cl)c3)CC1)C(=O)C(C)O2. The van der Waals surface area contributed by atoms with E-state index in [1.54, 1.807) is 30.0 Å². The summed E-state index contributed by atoms with van der Waals surface area (Å²) in [7, 11) is 0. The van der Waals surface area contributed by atoms with E-state index >= 15 is 0 Å². The zero-order valence-electron chi connectivity index (χ0n) is 18.9. The highest BCUT2D eigenvalue weighted by Gasteiger charge is 2.34. The average molecular weight is 470 g/mol. The molecule has 1 fully saturated rings. The van der Waals surface area contributed by atoms with Crippen molar-refractivity contribution in [3.05, 3.63) is 53.1 Å². The summed E-state index contributed by atoms with van der Waals surface area (Å²) >= 11 is 6.11. The molecular weight excluding hydrogens is 442 g/mol. The molecule has 2 aliphatic heterocycles. The number of carbonyl (C=O) groups excluding carboxylic acids is 3. The van der Waals surface area contributed by atoms with Gasteiger partial charge < -0.3 is 14.5 Å². The maximum absolute atomic E-state index is 13.1. The molecule has 2 aromatic rings. The Kier molecular flexibility index (Phi) is 6.88. The first-order chi connectivity index (χ1) is 15.9. The number of rotatable bonds is 6. The molecule has 2 heterocycles. The molecule has 0 radical (unpaired) electrons. The fraction of sp³-hybridized carbons (Fsp3) is 0.400. The second-order valence-corrected chi connectivity index (χ2v) is 8.82. The van der Waals surface area contributed by atoms with Gasteiger partial charge in [-0.05, 0) is 49.7 Å². The van der Waals surface area contributed by atoms with Crippen LogP contribution in [-0.4, -0.2) is 61.3 Å². The smallest absolute Gasteiger partial charge is 0.268 e. The Morgan fingerprint density at radius 2 is 1.85 bits per heavy atom. The van der Waals surface area contributed by atoms with Gasteiger partial charge in [-0.1, -0.05) is 24.6 Å². The molecule has 4 rings (SSSR count). The van der Waals surface area contributed by atoms with Crippen LogP contribution < -0.4 is 14.5 Å². The summed E-state index contributed by atoms with van der Waals surface area (Å²) in [5, 5.41) is 0.682. The number of fused-ring (bicyclic) bond motifs is 1. The maximum Gasteiger partial charge on any atom is 0.268 e. The quantitative estimate of drug-likeness (QED) is 0.602. The summed E-state index contributed by atoms with van der Waals surface area (Å²) in [5.41, 5.74) is 2.03. The number of benzene rings is 2. The summed E-state index contributed by atoms with van der Waals surface area (Å²) in [6.07, 6.45) is 0.480. The number of ketones is 1. The summed E-state index contributed by atoms with van der Waals surface area (Å²) in [4.78, 5) is 43.9. The highest BCUT2D eigenvalue weighted by atomic mass is 35.5. The largest absolute Gasteiger partial charge is 0.479 e. The van der Waals surface area contributed by atoms with Crippen molar-refractivity contribution >= 4 is 40.6 Å². The molecule has 2 aliphatic rings. The van der Waals surface area contributed by atoms with Crippen LogP contribution in [0.4, 0.5) is 11.4 Å². The lowest BCUT2D eigenvalue weighted by Gasteiger charge is -2.38. The first kappa shape index (κ1) is 23.1. The van der Waals surface area contributed by atoms with E-state index in [0.717, 1.165) is 12.1 Å². The van der Waals surface area contributed by atoms with Crippen molar-refractivity contribution in [2.24, 2.45) is 0 Å². The monoisotopic (exact) mass is 469 g/mol. The van der Waals surface area contributed by atoms with Crippen LogP contribution in [0.3, 0.4) is 0 Å². The summed E-state index contributed by atoms with van der Waals surface area (Å²) < 4.78 is 5.72. The van der Waals surface area contributed by atoms with E-state index < -0.39 is 6.10 Å². The fourth-order valence-electron chi connectivity index (χ4n) is 4.24. The van der Waals surface area contributed by atoms with Crippen LogP contribution in [0.5, 0.6) is 5.75 Å². The van der Waals surface area contributed by atoms with Gasteiger partial charge in [0, 0.05) is 48.9 Å². The molecule has 7 nitrogen and oxygen atoms in total. The molecule has 174 valence electrons. The Morgan fingerprint density at radius 1 is 1.09 bits per heavy atom. The molecule has 2 amide bonds. The van der Waals surface area contributed by atoms with Crippen LogP contribution in [0.1, 0.15) is 37.0 Å². The van der Waals surface area contributed by atoms with Gasteiger partial charge in [-0.3, -0.25) is 19.3 Å². The van der Waals surface area contributed by atoms with Crippen molar-refractivity contribution in [3.63, 3.8) is 0 Å². The van der Waals surface area contributed by atoms with Crippen LogP contribution >= 0.6 is 11.6 Å². The summed E-state index contributed by atoms with van der Waals surface area (Å²) in [6.45, 7) is 6.02. The lowest BCUT2D eigenvalue weighted by molar-refractivity contribution is -0.133. The van der Waals surface area contributed by atoms with Gasteiger partial charge >= 0.3 is 0 Å². The first-order valence-corrected chi connectivity index (χ1v) is 11.7. The normalized spacial score (nSPS) is 18.1. The van der Waals surface area contributed by atoms with Crippen LogP contribution in [0.2, 0.25) is 5.02 Å². The predicted molar refractivity (Wildman–Crippen MR) is 128 cm³/mol. The van der Waals surface area contributed by atoms with Crippen molar-refractivity contribution in [1.29, 1.82) is 0 Å². The van der Waals surface area contributed by atoms with E-state index in [9.17, 15) is 14.4 Å². The minimum absolute atomic E-state index is 0.00906. The number of nitrogens with zero attached hydrogens (tertiary/aromatic N) is 3. The van der Waals surface area contributed by atoms with E-state index in [2.05, 4.69) is 4.90 Å². The Bertz CT molecular complexity index is 1070. The predicted octanol–water partition coefficient (Wildman–Crippen LogP) is 3.79. The molecule has 33 heavy (non-hydrogen) atoms. The van der Waals surface area contributed by atoms with E-state index in [1.165, 1.54) is 4.90 Å². The van der Waals surface area contributed by atoms with Gasteiger partial charge in [0.15, 0.2) is 11.9 Å². The molecule has 0 spiro atoms. The zero-order valence-corrected chi connectivity index (χ0v) is 19.7. The minimum Gasteiger partial charge on any atom is -0.479 e. The summed E-state index contributed by atoms with van der Waals surface area (Å²) in [5.74, 6) is 0.108. The van der Waals surface area contributed by atoms with E-state index in [4.69, 9.17) is 16.3 Å². The molecular formula is C25H28ClN3O4. The van der Waals surface area contributed by atoms with Gasteiger partial charge in [0.25, 0.3) is 5.91 Å². The van der Waals surface area contributed by atoms with Gasteiger partial charge in [-0.25, -0.2) is 0 Å². The zero-order chi connectivity index (χ0) is 23.5. The highest BCUT2D eigenvalue weighted by molar-refractivity contribution is 6.30. The molecule has 0 saturated carbocycles. The third kappa shape index (κ3) is 4.98. The Balaban J connectivity index is 1.47. The van der Waals surface area contributed by atoms with Crippen molar-refractivity contribution in [1.82, 2.24) is 4.90 Å². The number of Topliss-reactive ketones (excluding diaryl/α,β-unsaturated/α-hetero) is 1. The molecule has 2 aromatic carbocycles. The second-order valence-electron chi connectivity index (χ2n) is 8.39. The standard InChI is InChI=1S/C25H28ClN3O4/c1-3-5-22(30)18-8-9-23-21(14-18)29(25(32)17(2)33-23)16-24(31)28-12-10-27(11-13-28)20-7-4-6-19(26)15-20/h4,6-9,14-15,17H,3,5,10-13,16H2,1-2H3. The van der Waals surface area contributed by atoms with Crippen molar-refractivity contribution in [2.45, 2.75) is 32.8 Å². The fourth-order valence-corrected chi connectivity index (χ4v) is 4.42. The van der Waals surface area contributed by atoms with Crippen LogP contribution in [0.15, 0.2) is 42.5 Å². The maximum atomic E-state index is 13.1. The number of anilines is 2. The van der Waals surface area contributed by atoms with Crippen molar-refractivity contribution in [2.75, 3.05) is 42.5 Å². The molecule has 8 heteroatoms. The lowest BCUT2D eigenvalue weighted by atomic mass is 10.0. The molecule has 1 saturated heterocycles. The van der Waals surface area contributed by atoms with Crippen LogP contribution in [-0.2, 0) is 9.59 Å². The number of carbonyl (C=O) groups is 3. The van der Waals surface area contributed by atoms with Gasteiger partial charge in [0.05, 0.1) is 5.69 Å². The van der Waals surface area contributed by atoms with Crippen LogP contribution in [0.25, 0.3) is 0 Å². The lowest BCUT2D eigenvalue weighted by Crippen LogP contribution is -2.54. The number of piperazine rings is 1. The van der Waals surface area contributed by atoms with Crippen molar-refractivity contribution < 1.29 is 19.1 Å².